The number of aromatic nitrogens is 4. The number of aliphatic hydroxyl groups is 1. The van der Waals surface area contributed by atoms with E-state index in [4.69, 9.17) is 16.3 Å². The highest BCUT2D eigenvalue weighted by atomic mass is 35.5. The number of benzene rings is 1. The molecular formula is C22H26ClFN6O2. The Labute approximate surface area is 190 Å². The number of alkyl halides is 1. The number of rotatable bonds is 4. The van der Waals surface area contributed by atoms with E-state index in [2.05, 4.69) is 20.4 Å². The zero-order valence-corrected chi connectivity index (χ0v) is 18.8. The van der Waals surface area contributed by atoms with Gasteiger partial charge in [0, 0.05) is 31.1 Å². The van der Waals surface area contributed by atoms with Gasteiger partial charge in [0.2, 0.25) is 5.95 Å². The summed E-state index contributed by atoms with van der Waals surface area (Å²) in [5.41, 5.74) is 3.37. The van der Waals surface area contributed by atoms with Crippen LogP contribution in [0.5, 0.6) is 0 Å². The third-order valence-electron chi connectivity index (χ3n) is 6.54. The normalized spacial score (nSPS) is 26.7. The molecule has 2 saturated heterocycles. The Morgan fingerprint density at radius 2 is 2.12 bits per heavy atom. The van der Waals surface area contributed by atoms with Gasteiger partial charge in [0.25, 0.3) is 0 Å². The Morgan fingerprint density at radius 3 is 2.81 bits per heavy atom. The van der Waals surface area contributed by atoms with Gasteiger partial charge in [0.15, 0.2) is 0 Å². The number of aryl methyl sites for hydroxylation is 2. The first-order valence-electron chi connectivity index (χ1n) is 10.8. The molecule has 32 heavy (non-hydrogen) atoms. The standard InChI is InChI=1S/C22H26ClFN6O2/c1-12-5-13-7-25-22(28-18-8-26-29(2)21(18)23)27-17(13)6-15(12)14-3-4-30(9-16(14)24)19-10-32-11-20(19)31/h5-8,14,16,19-20,31H,3-4,9-11H2,1-2H3,(H,25,27,28)/t14-,16+,19+,20-/m0/s1. The zero-order chi connectivity index (χ0) is 22.4. The van der Waals surface area contributed by atoms with Crippen LogP contribution in [0.3, 0.4) is 0 Å². The second kappa shape index (κ2) is 8.55. The SMILES string of the molecule is Cc1cc2cnc(Nc3cnn(C)c3Cl)nc2cc1[C@@H]1CCN([C@@H]2COC[C@@H]2O)C[C@H]1F. The molecule has 10 heteroatoms. The van der Waals surface area contributed by atoms with Gasteiger partial charge in [-0.2, -0.15) is 5.10 Å². The molecule has 2 fully saturated rings. The average Bonchev–Trinajstić information content (AvgIpc) is 3.34. The number of hydrogen-bond donors (Lipinski definition) is 2. The van der Waals surface area contributed by atoms with Crippen LogP contribution in [-0.2, 0) is 11.8 Å². The van der Waals surface area contributed by atoms with Crippen LogP contribution in [0.2, 0.25) is 5.15 Å². The molecule has 4 atom stereocenters. The lowest BCUT2D eigenvalue weighted by Gasteiger charge is -2.39. The number of piperidine rings is 1. The summed E-state index contributed by atoms with van der Waals surface area (Å²) < 4.78 is 22.2. The molecule has 1 aromatic carbocycles. The van der Waals surface area contributed by atoms with Gasteiger partial charge in [-0.15, -0.1) is 0 Å². The maximum Gasteiger partial charge on any atom is 0.227 e. The molecule has 5 rings (SSSR count). The van der Waals surface area contributed by atoms with E-state index in [0.717, 1.165) is 28.6 Å². The Balaban J connectivity index is 1.39. The minimum atomic E-state index is -1.03. The van der Waals surface area contributed by atoms with E-state index in [1.807, 2.05) is 24.0 Å². The van der Waals surface area contributed by atoms with Gasteiger partial charge in [0.1, 0.15) is 11.3 Å². The van der Waals surface area contributed by atoms with Crippen molar-refractivity contribution < 1.29 is 14.2 Å². The van der Waals surface area contributed by atoms with E-state index in [9.17, 15) is 5.11 Å². The summed E-state index contributed by atoms with van der Waals surface area (Å²) in [7, 11) is 1.75. The van der Waals surface area contributed by atoms with Crippen molar-refractivity contribution in [1.82, 2.24) is 24.6 Å². The Kier molecular flexibility index (Phi) is 5.75. The lowest BCUT2D eigenvalue weighted by atomic mass is 9.84. The quantitative estimate of drug-likeness (QED) is 0.618. The summed E-state index contributed by atoms with van der Waals surface area (Å²) in [5.74, 6) is 0.193. The number of anilines is 2. The summed E-state index contributed by atoms with van der Waals surface area (Å²) in [5, 5.41) is 18.7. The van der Waals surface area contributed by atoms with Crippen molar-refractivity contribution in [2.45, 2.75) is 37.6 Å². The number of likely N-dealkylation sites (tertiary alicyclic amines) is 1. The summed E-state index contributed by atoms with van der Waals surface area (Å²) in [6, 6.07) is 3.87. The number of nitrogens with zero attached hydrogens (tertiary/aromatic N) is 5. The van der Waals surface area contributed by atoms with Crippen LogP contribution in [0.4, 0.5) is 16.0 Å². The number of hydrogen-bond acceptors (Lipinski definition) is 7. The second-order valence-corrected chi connectivity index (χ2v) is 9.00. The first-order valence-corrected chi connectivity index (χ1v) is 11.1. The van der Waals surface area contributed by atoms with E-state index in [1.165, 1.54) is 0 Å². The minimum Gasteiger partial charge on any atom is -0.389 e. The fourth-order valence-corrected chi connectivity index (χ4v) is 4.90. The van der Waals surface area contributed by atoms with Gasteiger partial charge in [0.05, 0.1) is 42.8 Å². The van der Waals surface area contributed by atoms with E-state index in [1.54, 1.807) is 24.1 Å². The highest BCUT2D eigenvalue weighted by molar-refractivity contribution is 6.32. The van der Waals surface area contributed by atoms with Crippen molar-refractivity contribution in [3.63, 3.8) is 0 Å². The molecule has 0 aliphatic carbocycles. The van der Waals surface area contributed by atoms with Crippen molar-refractivity contribution in [1.29, 1.82) is 0 Å². The molecule has 4 heterocycles. The molecule has 0 radical (unpaired) electrons. The molecule has 2 aliphatic heterocycles. The van der Waals surface area contributed by atoms with E-state index in [0.29, 0.717) is 43.0 Å². The fourth-order valence-electron chi connectivity index (χ4n) is 4.76. The Bertz CT molecular complexity index is 1140. The van der Waals surface area contributed by atoms with Crippen LogP contribution in [0.1, 0.15) is 23.5 Å². The van der Waals surface area contributed by atoms with Crippen LogP contribution < -0.4 is 5.32 Å². The number of nitrogens with one attached hydrogen (secondary N) is 1. The predicted octanol–water partition coefficient (Wildman–Crippen LogP) is 2.96. The molecule has 3 aromatic rings. The largest absolute Gasteiger partial charge is 0.389 e. The second-order valence-electron chi connectivity index (χ2n) is 8.64. The molecule has 0 saturated carbocycles. The monoisotopic (exact) mass is 460 g/mol. The first kappa shape index (κ1) is 21.5. The van der Waals surface area contributed by atoms with Crippen LogP contribution in [0.25, 0.3) is 10.9 Å². The van der Waals surface area contributed by atoms with Crippen LogP contribution in [-0.4, -0.2) is 74.4 Å². The number of aliphatic hydroxyl groups excluding tert-OH is 1. The summed E-state index contributed by atoms with van der Waals surface area (Å²) in [4.78, 5) is 11.0. The molecule has 2 N–H and O–H groups in total. The lowest BCUT2D eigenvalue weighted by molar-refractivity contribution is 0.0352. The van der Waals surface area contributed by atoms with Gasteiger partial charge < -0.3 is 15.2 Å². The first-order chi connectivity index (χ1) is 15.4. The lowest BCUT2D eigenvalue weighted by Crippen LogP contribution is -2.50. The van der Waals surface area contributed by atoms with Crippen LogP contribution >= 0.6 is 11.6 Å². The zero-order valence-electron chi connectivity index (χ0n) is 18.0. The predicted molar refractivity (Wildman–Crippen MR) is 120 cm³/mol. The third kappa shape index (κ3) is 3.94. The highest BCUT2D eigenvalue weighted by Gasteiger charge is 2.38. The average molecular weight is 461 g/mol. The van der Waals surface area contributed by atoms with Gasteiger partial charge in [-0.3, -0.25) is 9.58 Å². The number of halogens is 2. The summed E-state index contributed by atoms with van der Waals surface area (Å²) in [6.45, 7) is 3.81. The summed E-state index contributed by atoms with van der Waals surface area (Å²) >= 11 is 6.22. The molecule has 0 spiro atoms. The van der Waals surface area contributed by atoms with Crippen LogP contribution in [0.15, 0.2) is 24.5 Å². The third-order valence-corrected chi connectivity index (χ3v) is 6.99. The molecule has 2 aliphatic rings. The van der Waals surface area contributed by atoms with Crippen molar-refractivity contribution in [2.24, 2.45) is 7.05 Å². The van der Waals surface area contributed by atoms with Crippen molar-refractivity contribution in [3.05, 3.63) is 40.8 Å². The van der Waals surface area contributed by atoms with Crippen LogP contribution in [0, 0.1) is 6.92 Å². The fraction of sp³-hybridized carbons (Fsp3) is 0.500. The molecule has 170 valence electrons. The van der Waals surface area contributed by atoms with Crippen molar-refractivity contribution >= 4 is 34.1 Å². The minimum absolute atomic E-state index is 0.118. The summed E-state index contributed by atoms with van der Waals surface area (Å²) in [6.07, 6.45) is 2.48. The molecule has 8 nitrogen and oxygen atoms in total. The van der Waals surface area contributed by atoms with Gasteiger partial charge in [-0.25, -0.2) is 14.4 Å². The van der Waals surface area contributed by atoms with E-state index < -0.39 is 12.3 Å². The maximum atomic E-state index is 15.3. The van der Waals surface area contributed by atoms with E-state index >= 15 is 4.39 Å². The molecule has 0 amide bonds. The van der Waals surface area contributed by atoms with Crippen molar-refractivity contribution in [3.8, 4) is 0 Å². The Morgan fingerprint density at radius 1 is 1.28 bits per heavy atom. The number of fused-ring (bicyclic) bond motifs is 1. The smallest absolute Gasteiger partial charge is 0.227 e. The maximum absolute atomic E-state index is 15.3. The van der Waals surface area contributed by atoms with Crippen molar-refractivity contribution in [2.75, 3.05) is 31.6 Å². The number of ether oxygens (including phenoxy) is 1. The Hall–Kier alpha value is -2.33. The van der Waals surface area contributed by atoms with E-state index in [-0.39, 0.29) is 12.0 Å². The van der Waals surface area contributed by atoms with Gasteiger partial charge in [-0.05, 0) is 43.1 Å². The van der Waals surface area contributed by atoms with Gasteiger partial charge in [-0.1, -0.05) is 11.6 Å². The van der Waals surface area contributed by atoms with Gasteiger partial charge >= 0.3 is 0 Å². The molecular weight excluding hydrogens is 435 g/mol. The molecule has 0 unspecified atom stereocenters. The molecule has 0 bridgehead atoms. The molecule has 2 aromatic heterocycles. The highest BCUT2D eigenvalue weighted by Crippen LogP contribution is 2.36. The topological polar surface area (TPSA) is 88.3 Å².